The molecule has 0 aliphatic carbocycles. The van der Waals surface area contributed by atoms with E-state index in [1.165, 1.54) is 12.1 Å². The number of ether oxygens (including phenoxy) is 3. The first-order valence-corrected chi connectivity index (χ1v) is 10.2. The van der Waals surface area contributed by atoms with Gasteiger partial charge in [0.1, 0.15) is 18.2 Å². The lowest BCUT2D eigenvalue weighted by molar-refractivity contribution is 0.269. The number of hydrogen-bond donors (Lipinski definition) is 1. The van der Waals surface area contributed by atoms with Crippen LogP contribution in [0.2, 0.25) is 10.0 Å². The second kappa shape index (κ2) is 10.4. The van der Waals surface area contributed by atoms with E-state index in [1.54, 1.807) is 13.2 Å². The van der Waals surface area contributed by atoms with Crippen LogP contribution in [0.4, 0.5) is 10.1 Å². The summed E-state index contributed by atoms with van der Waals surface area (Å²) in [5.41, 5.74) is 2.55. The van der Waals surface area contributed by atoms with Crippen LogP contribution in [0.1, 0.15) is 18.1 Å². The first kappa shape index (κ1) is 22.1. The van der Waals surface area contributed by atoms with Gasteiger partial charge in [0.2, 0.25) is 0 Å². The Bertz CT molecular complexity index is 996. The fourth-order valence-electron chi connectivity index (χ4n) is 2.83. The molecule has 0 spiro atoms. The van der Waals surface area contributed by atoms with Crippen molar-refractivity contribution in [3.8, 4) is 17.2 Å². The maximum absolute atomic E-state index is 13.2. The highest BCUT2D eigenvalue weighted by atomic mass is 35.5. The van der Waals surface area contributed by atoms with E-state index in [9.17, 15) is 4.39 Å². The lowest BCUT2D eigenvalue weighted by Crippen LogP contribution is -2.04. The zero-order valence-electron chi connectivity index (χ0n) is 16.7. The Balaban J connectivity index is 1.73. The molecule has 4 nitrogen and oxygen atoms in total. The van der Waals surface area contributed by atoms with Crippen molar-refractivity contribution in [1.82, 2.24) is 0 Å². The van der Waals surface area contributed by atoms with Gasteiger partial charge in [-0.2, -0.15) is 0 Å². The molecule has 0 atom stereocenters. The molecule has 3 aromatic rings. The van der Waals surface area contributed by atoms with Gasteiger partial charge >= 0.3 is 0 Å². The molecule has 0 aliphatic rings. The lowest BCUT2D eigenvalue weighted by atomic mass is 10.2. The van der Waals surface area contributed by atoms with Gasteiger partial charge < -0.3 is 19.5 Å². The number of methoxy groups -OCH3 is 1. The summed E-state index contributed by atoms with van der Waals surface area (Å²) in [5.74, 6) is 1.36. The predicted molar refractivity (Wildman–Crippen MR) is 119 cm³/mol. The summed E-state index contributed by atoms with van der Waals surface area (Å²) in [4.78, 5) is 0. The maximum Gasteiger partial charge on any atom is 0.180 e. The van der Waals surface area contributed by atoms with Crippen LogP contribution in [0.5, 0.6) is 17.2 Å². The van der Waals surface area contributed by atoms with E-state index >= 15 is 0 Å². The molecule has 0 amide bonds. The van der Waals surface area contributed by atoms with Gasteiger partial charge in [0.15, 0.2) is 11.5 Å². The van der Waals surface area contributed by atoms with E-state index < -0.39 is 5.82 Å². The maximum atomic E-state index is 13.2. The van der Waals surface area contributed by atoms with Crippen LogP contribution in [-0.4, -0.2) is 13.7 Å². The second-order valence-electron chi connectivity index (χ2n) is 6.44. The van der Waals surface area contributed by atoms with E-state index in [0.29, 0.717) is 40.3 Å². The number of anilines is 1. The number of halogens is 3. The van der Waals surface area contributed by atoms with Crippen LogP contribution in [0.15, 0.2) is 54.6 Å². The lowest BCUT2D eigenvalue weighted by Gasteiger charge is -2.16. The predicted octanol–water partition coefficient (Wildman–Crippen LogP) is 6.73. The zero-order chi connectivity index (χ0) is 21.5. The van der Waals surface area contributed by atoms with Crippen molar-refractivity contribution in [2.24, 2.45) is 0 Å². The van der Waals surface area contributed by atoms with Gasteiger partial charge in [-0.25, -0.2) is 4.39 Å². The van der Waals surface area contributed by atoms with Crippen LogP contribution in [0, 0.1) is 5.82 Å². The molecule has 3 aromatic carbocycles. The molecule has 0 aromatic heterocycles. The Morgan fingerprint density at radius 1 is 0.933 bits per heavy atom. The zero-order valence-corrected chi connectivity index (χ0v) is 18.2. The van der Waals surface area contributed by atoms with Crippen molar-refractivity contribution in [2.45, 2.75) is 20.1 Å². The molecule has 158 valence electrons. The third-order valence-electron chi connectivity index (χ3n) is 4.34. The normalized spacial score (nSPS) is 10.6. The molecule has 0 radical (unpaired) electrons. The highest BCUT2D eigenvalue weighted by Crippen LogP contribution is 2.38. The van der Waals surface area contributed by atoms with Crippen LogP contribution in [0.3, 0.4) is 0 Å². The van der Waals surface area contributed by atoms with Crippen molar-refractivity contribution in [2.75, 3.05) is 19.0 Å². The molecule has 3 rings (SSSR count). The average molecular weight is 450 g/mol. The number of benzene rings is 3. The Labute approximate surface area is 185 Å². The molecule has 0 heterocycles. The van der Waals surface area contributed by atoms with E-state index in [0.717, 1.165) is 17.0 Å². The number of hydrogen-bond acceptors (Lipinski definition) is 4. The fraction of sp³-hybridized carbons (Fsp3) is 0.217. The molecule has 0 saturated heterocycles. The summed E-state index contributed by atoms with van der Waals surface area (Å²) in [7, 11) is 1.63. The van der Waals surface area contributed by atoms with Crippen molar-refractivity contribution < 1.29 is 18.6 Å². The van der Waals surface area contributed by atoms with E-state index in [2.05, 4.69) is 5.32 Å². The molecule has 0 bridgehead atoms. The molecule has 30 heavy (non-hydrogen) atoms. The second-order valence-corrected chi connectivity index (χ2v) is 7.26. The minimum atomic E-state index is -0.398. The van der Waals surface area contributed by atoms with Gasteiger partial charge in [0, 0.05) is 17.8 Å². The average Bonchev–Trinajstić information content (AvgIpc) is 2.73. The molecule has 0 saturated carbocycles. The minimum absolute atomic E-state index is 0.141. The number of nitrogens with one attached hydrogen (secondary N) is 1. The molecule has 7 heteroatoms. The molecule has 0 aliphatic heterocycles. The summed E-state index contributed by atoms with van der Waals surface area (Å²) in [5, 5.41) is 4.05. The monoisotopic (exact) mass is 449 g/mol. The fourth-order valence-corrected chi connectivity index (χ4v) is 3.34. The summed E-state index contributed by atoms with van der Waals surface area (Å²) in [6.45, 7) is 3.04. The topological polar surface area (TPSA) is 39.7 Å². The summed E-state index contributed by atoms with van der Waals surface area (Å²) >= 11 is 12.6. The molecule has 0 fully saturated rings. The SMILES string of the molecule is CCOc1cc(CNc2ccc(OC)cc2)cc(Cl)c1OCc1ccc(F)cc1Cl. The minimum Gasteiger partial charge on any atom is -0.497 e. The Kier molecular flexibility index (Phi) is 7.66. The van der Waals surface area contributed by atoms with Crippen LogP contribution in [0.25, 0.3) is 0 Å². The Hall–Kier alpha value is -2.63. The molecular weight excluding hydrogens is 428 g/mol. The van der Waals surface area contributed by atoms with Crippen LogP contribution in [-0.2, 0) is 13.2 Å². The van der Waals surface area contributed by atoms with E-state index in [1.807, 2.05) is 43.3 Å². The van der Waals surface area contributed by atoms with E-state index in [4.69, 9.17) is 37.4 Å². The summed E-state index contributed by atoms with van der Waals surface area (Å²) in [6.07, 6.45) is 0. The smallest absolute Gasteiger partial charge is 0.180 e. The highest BCUT2D eigenvalue weighted by molar-refractivity contribution is 6.32. The summed E-state index contributed by atoms with van der Waals surface area (Å²) in [6, 6.07) is 15.5. The van der Waals surface area contributed by atoms with Crippen molar-refractivity contribution >= 4 is 28.9 Å². The third-order valence-corrected chi connectivity index (χ3v) is 4.98. The van der Waals surface area contributed by atoms with Gasteiger partial charge in [-0.1, -0.05) is 29.3 Å². The first-order chi connectivity index (χ1) is 14.5. The highest BCUT2D eigenvalue weighted by Gasteiger charge is 2.14. The third kappa shape index (κ3) is 5.71. The van der Waals surface area contributed by atoms with Crippen LogP contribution < -0.4 is 19.5 Å². The van der Waals surface area contributed by atoms with Gasteiger partial charge in [0.25, 0.3) is 0 Å². The van der Waals surface area contributed by atoms with Crippen molar-refractivity contribution in [1.29, 1.82) is 0 Å². The largest absolute Gasteiger partial charge is 0.497 e. The Morgan fingerprint density at radius 2 is 1.70 bits per heavy atom. The van der Waals surface area contributed by atoms with Gasteiger partial charge in [-0.05, 0) is 61.0 Å². The van der Waals surface area contributed by atoms with Crippen molar-refractivity contribution in [3.05, 3.63) is 81.6 Å². The number of rotatable bonds is 9. The van der Waals surface area contributed by atoms with Gasteiger partial charge in [-0.3, -0.25) is 0 Å². The first-order valence-electron chi connectivity index (χ1n) is 9.40. The Morgan fingerprint density at radius 3 is 2.37 bits per heavy atom. The van der Waals surface area contributed by atoms with E-state index in [-0.39, 0.29) is 6.61 Å². The molecule has 0 unspecified atom stereocenters. The standard InChI is InChI=1S/C23H22Cl2FNO3/c1-3-29-22-11-15(13-27-18-6-8-19(28-2)9-7-18)10-21(25)23(22)30-14-16-4-5-17(26)12-20(16)24/h4-12,27H,3,13-14H2,1-2H3. The van der Waals surface area contributed by atoms with Crippen molar-refractivity contribution in [3.63, 3.8) is 0 Å². The van der Waals surface area contributed by atoms with Crippen LogP contribution >= 0.6 is 23.2 Å². The van der Waals surface area contributed by atoms with Gasteiger partial charge in [0.05, 0.1) is 23.8 Å². The van der Waals surface area contributed by atoms with Gasteiger partial charge in [-0.15, -0.1) is 0 Å². The molecule has 1 N–H and O–H groups in total. The molecular formula is C23H22Cl2FNO3. The quantitative estimate of drug-likeness (QED) is 0.392. The summed E-state index contributed by atoms with van der Waals surface area (Å²) < 4.78 is 30.0.